The van der Waals surface area contributed by atoms with Crippen molar-refractivity contribution in [2.45, 2.75) is 5.92 Å². The molecule has 3 aromatic carbocycles. The highest BCUT2D eigenvalue weighted by Gasteiger charge is 2.23. The van der Waals surface area contributed by atoms with Crippen LogP contribution < -0.4 is 0 Å². The summed E-state index contributed by atoms with van der Waals surface area (Å²) >= 11 is 0. The molecule has 0 bridgehead atoms. The fourth-order valence-electron chi connectivity index (χ4n) is 2.57. The van der Waals surface area contributed by atoms with Crippen LogP contribution >= 0.6 is 0 Å². The molecule has 0 N–H and O–H groups in total. The van der Waals surface area contributed by atoms with E-state index in [0.717, 1.165) is 11.1 Å². The molecule has 0 aliphatic carbocycles. The quantitative estimate of drug-likeness (QED) is 0.628. The molecule has 2 heteroatoms. The highest BCUT2D eigenvalue weighted by molar-refractivity contribution is 6.03. The minimum atomic E-state index is -0.427. The predicted octanol–water partition coefficient (Wildman–Crippen LogP) is 4.84. The zero-order chi connectivity index (χ0) is 15.4. The van der Waals surface area contributed by atoms with Gasteiger partial charge in [0.05, 0.1) is 5.92 Å². The van der Waals surface area contributed by atoms with Crippen molar-refractivity contribution >= 4 is 5.78 Å². The average Bonchev–Trinajstić information content (AvgIpc) is 2.58. The van der Waals surface area contributed by atoms with E-state index in [1.165, 1.54) is 12.1 Å². The highest BCUT2D eigenvalue weighted by Crippen LogP contribution is 2.28. The largest absolute Gasteiger partial charge is 0.293 e. The van der Waals surface area contributed by atoms with Gasteiger partial charge >= 0.3 is 0 Å². The lowest BCUT2D eigenvalue weighted by Gasteiger charge is -2.17. The summed E-state index contributed by atoms with van der Waals surface area (Å²) in [5.74, 6) is -0.717. The Balaban J connectivity index is 2.07. The number of ketones is 1. The molecule has 1 atom stereocenters. The summed E-state index contributed by atoms with van der Waals surface area (Å²) in [6, 6.07) is 24.9. The second-order valence-electron chi connectivity index (χ2n) is 5.13. The molecule has 22 heavy (non-hydrogen) atoms. The van der Waals surface area contributed by atoms with Crippen LogP contribution in [0.2, 0.25) is 0 Å². The molecular formula is C20H15FO. The second-order valence-corrected chi connectivity index (χ2v) is 5.13. The molecule has 0 heterocycles. The Morgan fingerprint density at radius 1 is 0.682 bits per heavy atom. The van der Waals surface area contributed by atoms with Crippen molar-refractivity contribution in [3.8, 4) is 0 Å². The number of hydrogen-bond donors (Lipinski definition) is 0. The van der Waals surface area contributed by atoms with Gasteiger partial charge in [-0.3, -0.25) is 4.79 Å². The standard InChI is InChI=1S/C20H15FO/c21-18-13-11-16(12-14-18)19(15-7-3-1-4-8-15)20(22)17-9-5-2-6-10-17/h1-14,19H. The highest BCUT2D eigenvalue weighted by atomic mass is 19.1. The Bertz CT molecular complexity index is 749. The van der Waals surface area contributed by atoms with E-state index >= 15 is 0 Å². The van der Waals surface area contributed by atoms with E-state index in [1.807, 2.05) is 60.7 Å². The summed E-state index contributed by atoms with van der Waals surface area (Å²) in [6.07, 6.45) is 0. The number of hydrogen-bond acceptors (Lipinski definition) is 1. The number of carbonyl (C=O) groups excluding carboxylic acids is 1. The monoisotopic (exact) mass is 290 g/mol. The summed E-state index contributed by atoms with van der Waals surface area (Å²) in [5.41, 5.74) is 2.35. The van der Waals surface area contributed by atoms with Crippen LogP contribution in [-0.2, 0) is 0 Å². The molecule has 108 valence electrons. The van der Waals surface area contributed by atoms with E-state index in [4.69, 9.17) is 0 Å². The van der Waals surface area contributed by atoms with Crippen LogP contribution in [-0.4, -0.2) is 5.78 Å². The van der Waals surface area contributed by atoms with Gasteiger partial charge in [0.1, 0.15) is 5.82 Å². The zero-order valence-electron chi connectivity index (χ0n) is 11.9. The van der Waals surface area contributed by atoms with Crippen molar-refractivity contribution in [3.63, 3.8) is 0 Å². The number of benzene rings is 3. The van der Waals surface area contributed by atoms with Gasteiger partial charge < -0.3 is 0 Å². The summed E-state index contributed by atoms with van der Waals surface area (Å²) in [7, 11) is 0. The normalized spacial score (nSPS) is 11.9. The molecule has 0 aliphatic rings. The van der Waals surface area contributed by atoms with Gasteiger partial charge in [0, 0.05) is 5.56 Å². The maximum Gasteiger partial charge on any atom is 0.174 e. The summed E-state index contributed by atoms with van der Waals surface area (Å²) in [5, 5.41) is 0. The maximum atomic E-state index is 13.2. The van der Waals surface area contributed by atoms with Crippen LogP contribution in [0.5, 0.6) is 0 Å². The first kappa shape index (κ1) is 14.2. The average molecular weight is 290 g/mol. The van der Waals surface area contributed by atoms with Crippen molar-refractivity contribution in [3.05, 3.63) is 107 Å². The fourth-order valence-corrected chi connectivity index (χ4v) is 2.57. The Kier molecular flexibility index (Phi) is 4.10. The number of rotatable bonds is 4. The first-order valence-corrected chi connectivity index (χ1v) is 7.15. The molecule has 0 spiro atoms. The van der Waals surface area contributed by atoms with Gasteiger partial charge in [-0.05, 0) is 23.3 Å². The number of halogens is 1. The molecular weight excluding hydrogens is 275 g/mol. The molecule has 1 nitrogen and oxygen atoms in total. The summed E-state index contributed by atoms with van der Waals surface area (Å²) in [4.78, 5) is 12.9. The molecule has 0 radical (unpaired) electrons. The molecule has 3 rings (SSSR count). The van der Waals surface area contributed by atoms with Gasteiger partial charge in [0.2, 0.25) is 0 Å². The third-order valence-corrected chi connectivity index (χ3v) is 3.66. The Hall–Kier alpha value is -2.74. The van der Waals surface area contributed by atoms with Crippen LogP contribution in [0.3, 0.4) is 0 Å². The molecule has 3 aromatic rings. The fraction of sp³-hybridized carbons (Fsp3) is 0.0500. The third kappa shape index (κ3) is 2.96. The maximum absolute atomic E-state index is 13.2. The molecule has 0 saturated carbocycles. The lowest BCUT2D eigenvalue weighted by atomic mass is 9.85. The molecule has 0 amide bonds. The Morgan fingerprint density at radius 2 is 1.18 bits per heavy atom. The van der Waals surface area contributed by atoms with Crippen molar-refractivity contribution in [2.24, 2.45) is 0 Å². The molecule has 0 fully saturated rings. The van der Waals surface area contributed by atoms with E-state index < -0.39 is 5.92 Å². The first-order valence-electron chi connectivity index (χ1n) is 7.15. The predicted molar refractivity (Wildman–Crippen MR) is 85.5 cm³/mol. The van der Waals surface area contributed by atoms with Crippen LogP contribution in [0.1, 0.15) is 27.4 Å². The van der Waals surface area contributed by atoms with Gasteiger partial charge in [-0.1, -0.05) is 72.8 Å². The van der Waals surface area contributed by atoms with E-state index in [-0.39, 0.29) is 11.6 Å². The van der Waals surface area contributed by atoms with Crippen molar-refractivity contribution in [2.75, 3.05) is 0 Å². The van der Waals surface area contributed by atoms with Crippen LogP contribution in [0.4, 0.5) is 4.39 Å². The summed E-state index contributed by atoms with van der Waals surface area (Å²) in [6.45, 7) is 0. The van der Waals surface area contributed by atoms with Gasteiger partial charge in [0.15, 0.2) is 5.78 Å². The third-order valence-electron chi connectivity index (χ3n) is 3.66. The number of Topliss-reactive ketones (excluding diaryl/α,β-unsaturated/α-hetero) is 1. The van der Waals surface area contributed by atoms with Crippen LogP contribution in [0, 0.1) is 5.82 Å². The van der Waals surface area contributed by atoms with Crippen molar-refractivity contribution < 1.29 is 9.18 Å². The molecule has 0 aliphatic heterocycles. The zero-order valence-corrected chi connectivity index (χ0v) is 11.9. The topological polar surface area (TPSA) is 17.1 Å². The van der Waals surface area contributed by atoms with E-state index in [1.54, 1.807) is 12.1 Å². The second kappa shape index (κ2) is 6.35. The molecule has 1 unspecified atom stereocenters. The first-order chi connectivity index (χ1) is 10.8. The van der Waals surface area contributed by atoms with Crippen molar-refractivity contribution in [1.29, 1.82) is 0 Å². The molecule has 0 aromatic heterocycles. The van der Waals surface area contributed by atoms with Gasteiger partial charge in [0.25, 0.3) is 0 Å². The Morgan fingerprint density at radius 3 is 1.77 bits per heavy atom. The van der Waals surface area contributed by atoms with Gasteiger partial charge in [-0.2, -0.15) is 0 Å². The summed E-state index contributed by atoms with van der Waals surface area (Å²) < 4.78 is 13.2. The Labute approximate surface area is 129 Å². The number of carbonyl (C=O) groups is 1. The minimum absolute atomic E-state index is 0.0124. The lowest BCUT2D eigenvalue weighted by Crippen LogP contribution is -2.14. The van der Waals surface area contributed by atoms with E-state index in [2.05, 4.69) is 0 Å². The van der Waals surface area contributed by atoms with Gasteiger partial charge in [-0.15, -0.1) is 0 Å². The van der Waals surface area contributed by atoms with Crippen LogP contribution in [0.15, 0.2) is 84.9 Å². The van der Waals surface area contributed by atoms with E-state index in [9.17, 15) is 9.18 Å². The SMILES string of the molecule is O=C(c1ccccc1)C(c1ccccc1)c1ccc(F)cc1. The minimum Gasteiger partial charge on any atom is -0.293 e. The van der Waals surface area contributed by atoms with Crippen molar-refractivity contribution in [1.82, 2.24) is 0 Å². The van der Waals surface area contributed by atoms with Crippen LogP contribution in [0.25, 0.3) is 0 Å². The molecule has 0 saturated heterocycles. The van der Waals surface area contributed by atoms with E-state index in [0.29, 0.717) is 5.56 Å². The smallest absolute Gasteiger partial charge is 0.174 e. The lowest BCUT2D eigenvalue weighted by molar-refractivity contribution is 0.0974. The van der Waals surface area contributed by atoms with Gasteiger partial charge in [-0.25, -0.2) is 4.39 Å².